The first-order valence-electron chi connectivity index (χ1n) is 5.35. The Morgan fingerprint density at radius 3 is 2.80 bits per heavy atom. The molecule has 15 heavy (non-hydrogen) atoms. The highest BCUT2D eigenvalue weighted by molar-refractivity contribution is 5.10. The van der Waals surface area contributed by atoms with Crippen LogP contribution in [-0.4, -0.2) is 28.2 Å². The SMILES string of the molecule is CCCNC(C)(CCO)c1cnccn1. The zero-order valence-electron chi connectivity index (χ0n) is 9.40. The molecule has 0 spiro atoms. The van der Waals surface area contributed by atoms with Gasteiger partial charge in [0.05, 0.1) is 17.4 Å². The van der Waals surface area contributed by atoms with Gasteiger partial charge in [0.2, 0.25) is 0 Å². The lowest BCUT2D eigenvalue weighted by Gasteiger charge is -2.29. The van der Waals surface area contributed by atoms with E-state index in [2.05, 4.69) is 22.2 Å². The van der Waals surface area contributed by atoms with Gasteiger partial charge in [0.15, 0.2) is 0 Å². The van der Waals surface area contributed by atoms with Crippen LogP contribution in [0.1, 0.15) is 32.4 Å². The predicted molar refractivity (Wildman–Crippen MR) is 59.4 cm³/mol. The van der Waals surface area contributed by atoms with Gasteiger partial charge < -0.3 is 10.4 Å². The average Bonchev–Trinajstić information content (AvgIpc) is 2.28. The van der Waals surface area contributed by atoms with Crippen LogP contribution in [0.4, 0.5) is 0 Å². The summed E-state index contributed by atoms with van der Waals surface area (Å²) in [7, 11) is 0. The predicted octanol–water partition coefficient (Wildman–Crippen LogP) is 1.07. The van der Waals surface area contributed by atoms with Crippen LogP contribution in [0.5, 0.6) is 0 Å². The molecule has 0 saturated carbocycles. The van der Waals surface area contributed by atoms with Crippen molar-refractivity contribution in [1.82, 2.24) is 15.3 Å². The topological polar surface area (TPSA) is 58.0 Å². The van der Waals surface area contributed by atoms with Crippen LogP contribution in [0.15, 0.2) is 18.6 Å². The Morgan fingerprint density at radius 2 is 2.27 bits per heavy atom. The Bertz CT molecular complexity index is 278. The second-order valence-electron chi connectivity index (χ2n) is 3.82. The van der Waals surface area contributed by atoms with Gasteiger partial charge in [-0.3, -0.25) is 9.97 Å². The number of rotatable bonds is 6. The van der Waals surface area contributed by atoms with E-state index in [1.165, 1.54) is 0 Å². The lowest BCUT2D eigenvalue weighted by atomic mass is 9.94. The van der Waals surface area contributed by atoms with Gasteiger partial charge in [-0.15, -0.1) is 0 Å². The van der Waals surface area contributed by atoms with Crippen LogP contribution in [0.2, 0.25) is 0 Å². The average molecular weight is 209 g/mol. The molecule has 0 amide bonds. The van der Waals surface area contributed by atoms with E-state index in [0.29, 0.717) is 6.42 Å². The lowest BCUT2D eigenvalue weighted by molar-refractivity contribution is 0.217. The quantitative estimate of drug-likeness (QED) is 0.736. The second-order valence-corrected chi connectivity index (χ2v) is 3.82. The van der Waals surface area contributed by atoms with Crippen molar-refractivity contribution < 1.29 is 5.11 Å². The highest BCUT2D eigenvalue weighted by Gasteiger charge is 2.26. The summed E-state index contributed by atoms with van der Waals surface area (Å²) >= 11 is 0. The molecular formula is C11H19N3O. The first-order chi connectivity index (χ1) is 7.23. The van der Waals surface area contributed by atoms with Crippen molar-refractivity contribution in [3.63, 3.8) is 0 Å². The minimum Gasteiger partial charge on any atom is -0.396 e. The smallest absolute Gasteiger partial charge is 0.0785 e. The first-order valence-corrected chi connectivity index (χ1v) is 5.35. The van der Waals surface area contributed by atoms with Crippen LogP contribution in [0.3, 0.4) is 0 Å². The molecule has 1 atom stereocenters. The minimum absolute atomic E-state index is 0.143. The Morgan fingerprint density at radius 1 is 1.47 bits per heavy atom. The Hall–Kier alpha value is -1.00. The van der Waals surface area contributed by atoms with E-state index in [4.69, 9.17) is 5.11 Å². The number of aliphatic hydroxyl groups is 1. The molecule has 1 heterocycles. The summed E-state index contributed by atoms with van der Waals surface area (Å²) < 4.78 is 0. The van der Waals surface area contributed by atoms with Gasteiger partial charge in [-0.1, -0.05) is 6.92 Å². The third-order valence-corrected chi connectivity index (χ3v) is 2.51. The number of hydrogen-bond donors (Lipinski definition) is 2. The molecule has 1 aromatic rings. The summed E-state index contributed by atoms with van der Waals surface area (Å²) in [5.41, 5.74) is 0.603. The highest BCUT2D eigenvalue weighted by Crippen LogP contribution is 2.21. The molecule has 0 aliphatic carbocycles. The van der Waals surface area contributed by atoms with Crippen LogP contribution in [0.25, 0.3) is 0 Å². The zero-order valence-corrected chi connectivity index (χ0v) is 9.40. The first kappa shape index (κ1) is 12.1. The van der Waals surface area contributed by atoms with Crippen molar-refractivity contribution in [2.24, 2.45) is 0 Å². The molecule has 4 heteroatoms. The lowest BCUT2D eigenvalue weighted by Crippen LogP contribution is -2.41. The third kappa shape index (κ3) is 3.25. The fourth-order valence-corrected chi connectivity index (χ4v) is 1.52. The molecular weight excluding hydrogens is 190 g/mol. The van der Waals surface area contributed by atoms with Crippen molar-refractivity contribution in [1.29, 1.82) is 0 Å². The summed E-state index contributed by atoms with van der Waals surface area (Å²) in [4.78, 5) is 8.34. The Labute approximate surface area is 90.8 Å². The van der Waals surface area contributed by atoms with Crippen molar-refractivity contribution in [3.05, 3.63) is 24.3 Å². The summed E-state index contributed by atoms with van der Waals surface area (Å²) in [6.45, 7) is 5.21. The van der Waals surface area contributed by atoms with Gasteiger partial charge in [-0.2, -0.15) is 0 Å². The number of nitrogens with zero attached hydrogens (tertiary/aromatic N) is 2. The van der Waals surface area contributed by atoms with E-state index in [9.17, 15) is 0 Å². The molecule has 0 saturated heterocycles. The molecule has 1 rings (SSSR count). The minimum atomic E-state index is -0.279. The van der Waals surface area contributed by atoms with E-state index >= 15 is 0 Å². The second kappa shape index (κ2) is 5.78. The maximum Gasteiger partial charge on any atom is 0.0785 e. The standard InChI is InChI=1S/C11H19N3O/c1-3-5-14-11(2,4-8-15)10-9-12-6-7-13-10/h6-7,9,14-15H,3-5,8H2,1-2H3. The Kier molecular flexibility index (Phi) is 4.65. The van der Waals surface area contributed by atoms with Gasteiger partial charge in [0.1, 0.15) is 0 Å². The fraction of sp³-hybridized carbons (Fsp3) is 0.636. The molecule has 2 N–H and O–H groups in total. The number of aromatic nitrogens is 2. The van der Waals surface area contributed by atoms with Crippen LogP contribution < -0.4 is 5.32 Å². The monoisotopic (exact) mass is 209 g/mol. The van der Waals surface area contributed by atoms with Crippen molar-refractivity contribution in [3.8, 4) is 0 Å². The van der Waals surface area contributed by atoms with E-state index in [0.717, 1.165) is 18.7 Å². The molecule has 84 valence electrons. The Balaban J connectivity index is 2.80. The van der Waals surface area contributed by atoms with Gasteiger partial charge in [-0.05, 0) is 26.3 Å². The summed E-state index contributed by atoms with van der Waals surface area (Å²) in [6.07, 6.45) is 6.78. The van der Waals surface area contributed by atoms with Gasteiger partial charge >= 0.3 is 0 Å². The molecule has 0 radical (unpaired) electrons. The van der Waals surface area contributed by atoms with Crippen LogP contribution in [-0.2, 0) is 5.54 Å². The maximum atomic E-state index is 9.07. The van der Waals surface area contributed by atoms with E-state index in [1.54, 1.807) is 18.6 Å². The van der Waals surface area contributed by atoms with E-state index in [-0.39, 0.29) is 12.1 Å². The van der Waals surface area contributed by atoms with Crippen LogP contribution in [0, 0.1) is 0 Å². The maximum absolute atomic E-state index is 9.07. The number of nitrogens with one attached hydrogen (secondary N) is 1. The fourth-order valence-electron chi connectivity index (χ4n) is 1.52. The molecule has 4 nitrogen and oxygen atoms in total. The molecule has 0 aliphatic heterocycles. The van der Waals surface area contributed by atoms with Crippen molar-refractivity contribution in [2.45, 2.75) is 32.2 Å². The van der Waals surface area contributed by atoms with Crippen molar-refractivity contribution in [2.75, 3.05) is 13.2 Å². The largest absolute Gasteiger partial charge is 0.396 e. The summed E-state index contributed by atoms with van der Waals surface area (Å²) in [5, 5.41) is 12.5. The summed E-state index contributed by atoms with van der Waals surface area (Å²) in [5.74, 6) is 0. The molecule has 1 unspecified atom stereocenters. The van der Waals surface area contributed by atoms with Gasteiger partial charge in [0, 0.05) is 19.0 Å². The zero-order chi connectivity index (χ0) is 11.1. The third-order valence-electron chi connectivity index (χ3n) is 2.51. The molecule has 0 aliphatic rings. The summed E-state index contributed by atoms with van der Waals surface area (Å²) in [6, 6.07) is 0. The molecule has 0 fully saturated rings. The molecule has 0 aromatic carbocycles. The molecule has 0 bridgehead atoms. The normalized spacial score (nSPS) is 14.9. The van der Waals surface area contributed by atoms with E-state index < -0.39 is 0 Å². The number of aliphatic hydroxyl groups excluding tert-OH is 1. The van der Waals surface area contributed by atoms with Gasteiger partial charge in [0.25, 0.3) is 0 Å². The molecule has 1 aromatic heterocycles. The highest BCUT2D eigenvalue weighted by atomic mass is 16.3. The van der Waals surface area contributed by atoms with E-state index in [1.807, 2.05) is 6.92 Å². The van der Waals surface area contributed by atoms with Crippen LogP contribution >= 0.6 is 0 Å². The van der Waals surface area contributed by atoms with Gasteiger partial charge in [-0.25, -0.2) is 0 Å². The number of hydrogen-bond acceptors (Lipinski definition) is 4. The van der Waals surface area contributed by atoms with Crippen molar-refractivity contribution >= 4 is 0 Å².